The van der Waals surface area contributed by atoms with E-state index in [1.54, 1.807) is 46.5 Å². The Morgan fingerprint density at radius 1 is 0.808 bits per heavy atom. The molecule has 7 heterocycles. The second kappa shape index (κ2) is 31.3. The number of carbonyl (C=O) groups is 7. The topological polar surface area (TPSA) is 266 Å². The lowest BCUT2D eigenvalue weighted by Gasteiger charge is -2.49. The van der Waals surface area contributed by atoms with Crippen molar-refractivity contribution >= 4 is 80.9 Å². The summed E-state index contributed by atoms with van der Waals surface area (Å²) in [5, 5.41) is 25.8. The molecule has 4 atom stereocenters. The number of nitrogens with one attached hydrogen (secondary N) is 5. The number of halogens is 2. The minimum atomic E-state index is -1.99. The first-order valence-electron chi connectivity index (χ1n) is 37.5. The molecule has 0 bridgehead atoms. The smallest absolute Gasteiger partial charge is 0.258 e. The number of anilines is 3. The number of imidazole rings is 1. The number of β-amino-alcohol motifs (C(OH)–C–C–N with tert-alkyl or cyclic N) is 1. The van der Waals surface area contributed by atoms with Gasteiger partial charge in [-0.2, -0.15) is 0 Å². The highest BCUT2D eigenvalue weighted by atomic mass is 32.1. The van der Waals surface area contributed by atoms with Crippen LogP contribution in [0.25, 0.3) is 32.7 Å². The Morgan fingerprint density at radius 2 is 1.53 bits per heavy atom. The van der Waals surface area contributed by atoms with Gasteiger partial charge in [-0.1, -0.05) is 77.1 Å². The molecule has 3 aromatic heterocycles. The van der Waals surface area contributed by atoms with Crippen molar-refractivity contribution in [2.75, 3.05) is 56.1 Å². The number of thiazole rings is 1. The van der Waals surface area contributed by atoms with Crippen LogP contribution >= 0.6 is 11.3 Å². The summed E-state index contributed by atoms with van der Waals surface area (Å²) in [6, 6.07) is 14.7. The average Bonchev–Trinajstić information content (AvgIpc) is 1.55. The number of ether oxygens (including phenoxy) is 1. The predicted octanol–water partition coefficient (Wildman–Crippen LogP) is 11.4. The van der Waals surface area contributed by atoms with Crippen LogP contribution < -0.4 is 36.2 Å². The summed E-state index contributed by atoms with van der Waals surface area (Å²) in [6.07, 6.45) is 12.1. The largest absolute Gasteiger partial charge is 0.493 e. The number of likely N-dealkylation sites (tertiary alicyclic amines) is 3. The van der Waals surface area contributed by atoms with Gasteiger partial charge in [0.05, 0.1) is 63.4 Å². The van der Waals surface area contributed by atoms with Crippen LogP contribution in [0.15, 0.2) is 66.4 Å². The van der Waals surface area contributed by atoms with Gasteiger partial charge >= 0.3 is 0 Å². The highest BCUT2D eigenvalue weighted by Crippen LogP contribution is 2.53. The van der Waals surface area contributed by atoms with Gasteiger partial charge < -0.3 is 55.7 Å². The van der Waals surface area contributed by atoms with E-state index in [1.165, 1.54) is 28.4 Å². The molecule has 2 aliphatic carbocycles. The van der Waals surface area contributed by atoms with Crippen LogP contribution in [0.2, 0.25) is 0 Å². The van der Waals surface area contributed by atoms with Crippen molar-refractivity contribution in [1.82, 2.24) is 55.5 Å². The lowest BCUT2D eigenvalue weighted by molar-refractivity contribution is -0.145. The fraction of sp³-hybridized carbons (Fsp3) is 0.570. The Bertz CT molecular complexity index is 4210. The second-order valence-corrected chi connectivity index (χ2v) is 32.4. The van der Waals surface area contributed by atoms with Gasteiger partial charge in [0.25, 0.3) is 11.8 Å². The van der Waals surface area contributed by atoms with E-state index in [1.807, 2.05) is 79.3 Å². The van der Waals surface area contributed by atoms with Crippen molar-refractivity contribution < 1.29 is 52.2 Å². The fourth-order valence-corrected chi connectivity index (χ4v) is 16.6. The Hall–Kier alpha value is -8.42. The molecule has 104 heavy (non-hydrogen) atoms. The van der Waals surface area contributed by atoms with Crippen molar-refractivity contribution in [3.8, 4) is 27.4 Å². The number of aryl methyl sites for hydroxylation is 2. The van der Waals surface area contributed by atoms with Crippen molar-refractivity contribution in [1.29, 1.82) is 0 Å². The van der Waals surface area contributed by atoms with E-state index in [0.717, 1.165) is 116 Å². The molecular formula is C79H103F2N13O9S. The summed E-state index contributed by atoms with van der Waals surface area (Å²) in [5.74, 6) is -1.66. The molecule has 6 N–H and O–H groups in total. The number of hydrogen-bond acceptors (Lipinski definition) is 15. The number of aromatic nitrogens is 4. The molecule has 22 nitrogen and oxygen atoms in total. The average molecular weight is 1450 g/mol. The minimum Gasteiger partial charge on any atom is -0.493 e. The Balaban J connectivity index is 0.616. The first-order valence-corrected chi connectivity index (χ1v) is 38.4. The molecule has 0 radical (unpaired) electrons. The number of amides is 7. The van der Waals surface area contributed by atoms with Crippen LogP contribution in [0.3, 0.4) is 0 Å². The van der Waals surface area contributed by atoms with Crippen molar-refractivity contribution in [2.45, 2.75) is 232 Å². The predicted molar refractivity (Wildman–Crippen MR) is 398 cm³/mol. The van der Waals surface area contributed by atoms with Crippen LogP contribution in [-0.4, -0.2) is 169 Å². The maximum atomic E-state index is 16.0. The summed E-state index contributed by atoms with van der Waals surface area (Å²) in [7, 11) is 0. The van der Waals surface area contributed by atoms with Gasteiger partial charge in [-0.3, -0.25) is 38.5 Å². The number of hydrogen-bond donors (Lipinski definition) is 6. The molecule has 4 aliphatic heterocycles. The Morgan fingerprint density at radius 3 is 2.21 bits per heavy atom. The molecule has 6 aromatic rings. The van der Waals surface area contributed by atoms with E-state index in [0.29, 0.717) is 85.0 Å². The Kier molecular flexibility index (Phi) is 22.7. The molecule has 1 spiro atoms. The zero-order valence-corrected chi connectivity index (χ0v) is 62.7. The number of fused-ring (bicyclic) bond motifs is 3. The van der Waals surface area contributed by atoms with Crippen molar-refractivity contribution in [2.24, 2.45) is 11.3 Å². The molecular weight excluding hydrogens is 1350 g/mol. The lowest BCUT2D eigenvalue weighted by atomic mass is 9.73. The number of unbranched alkanes of at least 4 members (excludes halogenated alkanes) is 6. The van der Waals surface area contributed by atoms with Crippen LogP contribution in [0.5, 0.6) is 5.75 Å². The fourth-order valence-electron chi connectivity index (χ4n) is 15.8. The first kappa shape index (κ1) is 75.3. The third kappa shape index (κ3) is 16.2. The number of aliphatic hydroxyl groups excluding tert-OH is 1. The molecule has 558 valence electrons. The summed E-state index contributed by atoms with van der Waals surface area (Å²) in [4.78, 5) is 119. The van der Waals surface area contributed by atoms with E-state index in [4.69, 9.17) is 14.7 Å². The summed E-state index contributed by atoms with van der Waals surface area (Å²) in [6.45, 7) is 22.0. The SMILES string of the molecule is CC(=O)N1CCC2(CC1)C(=O)N([C@H]1C[C@@H](N3CCC[C@@H](C(=O)NCCCCCCCCCOc4cc(-c5scnc5C)ccc4CNC(=O)[C@@H]4C[C@@H](O)CN4C(=O)[C@@H](NC(=O)C4(F)CC4)C(C)(C)C)C3)C1)c1cc(-c3cc4ncn(C(C)C)c4c(Nc4cc(C(=O)NC(C)C)c(C)cc4F)n3)ccc12. The van der Waals surface area contributed by atoms with Crippen molar-refractivity contribution in [3.05, 3.63) is 100 Å². The van der Waals surface area contributed by atoms with E-state index < -0.39 is 58.2 Å². The molecule has 12 rings (SSSR count). The van der Waals surface area contributed by atoms with Gasteiger partial charge in [0.15, 0.2) is 11.5 Å². The number of nitrogens with zero attached hydrogens (tertiary/aromatic N) is 8. The maximum absolute atomic E-state index is 16.0. The number of alkyl halides is 1. The Labute approximate surface area is 612 Å². The highest BCUT2D eigenvalue weighted by molar-refractivity contribution is 7.13. The van der Waals surface area contributed by atoms with Gasteiger partial charge in [0.1, 0.15) is 29.2 Å². The van der Waals surface area contributed by atoms with E-state index in [2.05, 4.69) is 48.6 Å². The van der Waals surface area contributed by atoms with E-state index in [9.17, 15) is 38.3 Å². The normalized spacial score (nSPS) is 20.9. The molecule has 2 saturated carbocycles. The number of benzene rings is 3. The standard InChI is InChI=1S/C79H103F2N13O9S/c1-46(2)86-72(98)58-39-62(60(80)33-48(58)5)88-70-67-63(84-44-93(67)47(3)4)40-61(87-70)51-22-23-59-64(34-51)94(76(102)78(59)26-30-90(31-27-78)50(7)95)56-36-55(37-56)91-29-18-19-54(42-91)71(97)82-28-16-14-12-11-13-15-17-32-103-66-35-52(68-49(6)85-45-104-68)20-21-53(66)41-83-73(99)65-38-57(96)43-92(65)74(100)69(77(8,9)10)89-75(101)79(81)24-25-79/h20-23,33-35,39-40,44-47,54-57,65,69,96H,11-19,24-32,36-38,41-43H2,1-10H3,(H,82,97)(H,83,99)(H,86,98)(H,87,88)(H,89,101)/t54-,55-,56+,57-,65+,69-/m1/s1. The number of carbonyl (C=O) groups excluding carboxylic acids is 7. The third-order valence-corrected chi connectivity index (χ3v) is 23.1. The van der Waals surface area contributed by atoms with Gasteiger partial charge in [0, 0.05) is 99.2 Å². The third-order valence-electron chi connectivity index (χ3n) is 22.1. The molecule has 0 unspecified atom stereocenters. The molecule has 5 fully saturated rings. The van der Waals surface area contributed by atoms with Gasteiger partial charge in [0.2, 0.25) is 29.5 Å². The second-order valence-electron chi connectivity index (χ2n) is 31.5. The highest BCUT2D eigenvalue weighted by Gasteiger charge is 2.57. The summed E-state index contributed by atoms with van der Waals surface area (Å²) >= 11 is 1.53. The molecule has 3 aromatic carbocycles. The van der Waals surface area contributed by atoms with Crippen molar-refractivity contribution in [3.63, 3.8) is 0 Å². The molecule has 25 heteroatoms. The number of piperidine rings is 2. The quantitative estimate of drug-likeness (QED) is 0.0262. The van der Waals surface area contributed by atoms with Crippen LogP contribution in [-0.2, 0) is 40.7 Å². The van der Waals surface area contributed by atoms with Gasteiger partial charge in [-0.25, -0.2) is 23.7 Å². The first-order chi connectivity index (χ1) is 49.6. The number of rotatable bonds is 27. The number of aliphatic hydroxyl groups is 1. The number of pyridine rings is 1. The van der Waals surface area contributed by atoms with E-state index >= 15 is 9.18 Å². The lowest BCUT2D eigenvalue weighted by Crippen LogP contribution is -2.59. The minimum absolute atomic E-state index is 0.00764. The zero-order chi connectivity index (χ0) is 74.1. The molecule has 7 amide bonds. The summed E-state index contributed by atoms with van der Waals surface area (Å²) < 4.78 is 39.2. The van der Waals surface area contributed by atoms with E-state index in [-0.39, 0.29) is 91.8 Å². The summed E-state index contributed by atoms with van der Waals surface area (Å²) in [5.41, 5.74) is 6.18. The molecule has 6 aliphatic rings. The zero-order valence-electron chi connectivity index (χ0n) is 61.9. The van der Waals surface area contributed by atoms with Crippen LogP contribution in [0, 0.1) is 31.0 Å². The maximum Gasteiger partial charge on any atom is 0.258 e. The van der Waals surface area contributed by atoms with Gasteiger partial charge in [-0.15, -0.1) is 11.3 Å². The monoisotopic (exact) mass is 1450 g/mol. The van der Waals surface area contributed by atoms with Crippen LogP contribution in [0.1, 0.15) is 197 Å². The van der Waals surface area contributed by atoms with Gasteiger partial charge in [-0.05, 0) is 165 Å². The van der Waals surface area contributed by atoms with Crippen LogP contribution in [0.4, 0.5) is 26.0 Å². The molecule has 3 saturated heterocycles.